The molecule has 3 N–H and O–H groups in total. The second-order valence-electron chi connectivity index (χ2n) is 6.36. The third-order valence-corrected chi connectivity index (χ3v) is 4.26. The van der Waals surface area contributed by atoms with Crippen molar-refractivity contribution in [2.75, 3.05) is 26.2 Å². The molecule has 2 aromatic carbocycles. The summed E-state index contributed by atoms with van der Waals surface area (Å²) in [7, 11) is 0. The molecule has 1 aliphatic rings. The molecule has 0 fully saturated rings. The molecule has 0 aliphatic carbocycles. The Kier molecular flexibility index (Phi) is 6.93. The van der Waals surface area contributed by atoms with Gasteiger partial charge in [-0.15, -0.1) is 0 Å². The number of aliphatic hydroxyl groups is 1. The lowest BCUT2D eigenvalue weighted by atomic mass is 10.1. The largest absolute Gasteiger partial charge is 0.486 e. The second-order valence-corrected chi connectivity index (χ2v) is 6.36. The molecule has 6 heteroatoms. The fourth-order valence-corrected chi connectivity index (χ4v) is 2.86. The summed E-state index contributed by atoms with van der Waals surface area (Å²) in [6.45, 7) is 4.37. The Balaban J connectivity index is 1.48. The predicted molar refractivity (Wildman–Crippen MR) is 106 cm³/mol. The van der Waals surface area contributed by atoms with E-state index in [1.165, 1.54) is 0 Å². The highest BCUT2D eigenvalue weighted by Gasteiger charge is 2.20. The quantitative estimate of drug-likeness (QED) is 0.517. The van der Waals surface area contributed by atoms with Gasteiger partial charge in [0.25, 0.3) is 0 Å². The third kappa shape index (κ3) is 5.62. The predicted octanol–water partition coefficient (Wildman–Crippen LogP) is 2.51. The van der Waals surface area contributed by atoms with Gasteiger partial charge in [0.2, 0.25) is 0 Å². The third-order valence-electron chi connectivity index (χ3n) is 4.26. The van der Waals surface area contributed by atoms with Crippen LogP contribution in [0.25, 0.3) is 0 Å². The van der Waals surface area contributed by atoms with Crippen molar-refractivity contribution < 1.29 is 14.6 Å². The molecule has 144 valence electrons. The molecule has 0 amide bonds. The van der Waals surface area contributed by atoms with Crippen LogP contribution in [0.15, 0.2) is 59.6 Å². The lowest BCUT2D eigenvalue weighted by molar-refractivity contribution is 0.0971. The van der Waals surface area contributed by atoms with E-state index in [2.05, 4.69) is 15.6 Å². The van der Waals surface area contributed by atoms with Crippen molar-refractivity contribution >= 4 is 5.96 Å². The molecule has 0 spiro atoms. The number of ether oxygens (including phenoxy) is 2. The zero-order chi connectivity index (χ0) is 18.9. The van der Waals surface area contributed by atoms with E-state index in [0.717, 1.165) is 23.6 Å². The maximum atomic E-state index is 10.3. The van der Waals surface area contributed by atoms with Gasteiger partial charge in [-0.05, 0) is 31.0 Å². The SMILES string of the molecule is CCNC(=NCC1COc2ccccc2O1)NCCC(O)c1ccccc1. The van der Waals surface area contributed by atoms with Crippen molar-refractivity contribution in [3.8, 4) is 11.5 Å². The minimum Gasteiger partial charge on any atom is -0.486 e. The first-order chi connectivity index (χ1) is 13.3. The molecule has 0 aromatic heterocycles. The van der Waals surface area contributed by atoms with Crippen LogP contribution in [0.5, 0.6) is 11.5 Å². The lowest BCUT2D eigenvalue weighted by Crippen LogP contribution is -2.40. The molecular formula is C21H27N3O3. The van der Waals surface area contributed by atoms with Gasteiger partial charge in [-0.3, -0.25) is 0 Å². The minimum absolute atomic E-state index is 0.120. The van der Waals surface area contributed by atoms with Crippen molar-refractivity contribution in [1.82, 2.24) is 10.6 Å². The van der Waals surface area contributed by atoms with E-state index < -0.39 is 6.10 Å². The van der Waals surface area contributed by atoms with Crippen molar-refractivity contribution in [1.29, 1.82) is 0 Å². The van der Waals surface area contributed by atoms with E-state index in [-0.39, 0.29) is 6.10 Å². The van der Waals surface area contributed by atoms with Gasteiger partial charge < -0.3 is 25.2 Å². The Morgan fingerprint density at radius 2 is 1.85 bits per heavy atom. The summed E-state index contributed by atoms with van der Waals surface area (Å²) >= 11 is 0. The normalized spacial score (nSPS) is 17.3. The smallest absolute Gasteiger partial charge is 0.191 e. The summed E-state index contributed by atoms with van der Waals surface area (Å²) in [4.78, 5) is 4.59. The van der Waals surface area contributed by atoms with Crippen molar-refractivity contribution in [3.63, 3.8) is 0 Å². The van der Waals surface area contributed by atoms with Crippen LogP contribution in [0, 0.1) is 0 Å². The zero-order valence-electron chi connectivity index (χ0n) is 15.6. The Hall–Kier alpha value is -2.73. The number of nitrogens with one attached hydrogen (secondary N) is 2. The number of benzene rings is 2. The molecule has 0 saturated heterocycles. The second kappa shape index (κ2) is 9.83. The van der Waals surface area contributed by atoms with E-state index in [1.807, 2.05) is 61.5 Å². The number of fused-ring (bicyclic) bond motifs is 1. The number of hydrogen-bond acceptors (Lipinski definition) is 4. The van der Waals surface area contributed by atoms with Crippen molar-refractivity contribution in [3.05, 3.63) is 60.2 Å². The van der Waals surface area contributed by atoms with Crippen molar-refractivity contribution in [2.24, 2.45) is 4.99 Å². The molecule has 1 heterocycles. The molecule has 3 rings (SSSR count). The number of guanidine groups is 1. The van der Waals surface area contributed by atoms with Gasteiger partial charge in [-0.2, -0.15) is 0 Å². The van der Waals surface area contributed by atoms with Crippen LogP contribution in [0.2, 0.25) is 0 Å². The monoisotopic (exact) mass is 369 g/mol. The van der Waals surface area contributed by atoms with Crippen LogP contribution in [-0.2, 0) is 0 Å². The fraction of sp³-hybridized carbons (Fsp3) is 0.381. The average Bonchev–Trinajstić information content (AvgIpc) is 2.72. The van der Waals surface area contributed by atoms with Gasteiger partial charge in [0.15, 0.2) is 23.6 Å². The topological polar surface area (TPSA) is 75.1 Å². The number of aliphatic imine (C=N–C) groups is 1. The van der Waals surface area contributed by atoms with Gasteiger partial charge in [0.1, 0.15) is 6.61 Å². The summed E-state index contributed by atoms with van der Waals surface area (Å²) < 4.78 is 11.7. The van der Waals surface area contributed by atoms with Crippen LogP contribution in [0.1, 0.15) is 25.0 Å². The maximum Gasteiger partial charge on any atom is 0.191 e. The summed E-state index contributed by atoms with van der Waals surface area (Å²) in [5.74, 6) is 2.24. The zero-order valence-corrected chi connectivity index (χ0v) is 15.6. The Labute approximate surface area is 160 Å². The van der Waals surface area contributed by atoms with Crippen LogP contribution >= 0.6 is 0 Å². The molecule has 2 unspecified atom stereocenters. The van der Waals surface area contributed by atoms with E-state index in [1.54, 1.807) is 0 Å². The molecule has 6 nitrogen and oxygen atoms in total. The van der Waals surface area contributed by atoms with Gasteiger partial charge in [0, 0.05) is 13.1 Å². The molecule has 0 radical (unpaired) electrons. The summed E-state index contributed by atoms with van der Waals surface area (Å²) in [6, 6.07) is 17.3. The molecular weight excluding hydrogens is 342 g/mol. The van der Waals surface area contributed by atoms with Gasteiger partial charge in [-0.25, -0.2) is 4.99 Å². The van der Waals surface area contributed by atoms with Gasteiger partial charge >= 0.3 is 0 Å². The van der Waals surface area contributed by atoms with Gasteiger partial charge in [-0.1, -0.05) is 42.5 Å². The highest BCUT2D eigenvalue weighted by Crippen LogP contribution is 2.30. The van der Waals surface area contributed by atoms with Crippen LogP contribution in [0.4, 0.5) is 0 Å². The van der Waals surface area contributed by atoms with Crippen molar-refractivity contribution in [2.45, 2.75) is 25.6 Å². The first-order valence-corrected chi connectivity index (χ1v) is 9.40. The highest BCUT2D eigenvalue weighted by atomic mass is 16.6. The standard InChI is InChI=1S/C21H27N3O3/c1-2-22-21(23-13-12-18(25)16-8-4-3-5-9-16)24-14-17-15-26-19-10-6-7-11-20(19)27-17/h3-11,17-18,25H,2,12-15H2,1H3,(H2,22,23,24). The van der Waals surface area contributed by atoms with E-state index in [0.29, 0.717) is 32.1 Å². The summed E-state index contributed by atoms with van der Waals surface area (Å²) in [5.41, 5.74) is 0.924. The minimum atomic E-state index is -0.492. The van der Waals surface area contributed by atoms with E-state index in [9.17, 15) is 5.11 Å². The Morgan fingerprint density at radius 1 is 1.11 bits per heavy atom. The first kappa shape index (κ1) is 19.0. The maximum absolute atomic E-state index is 10.3. The fourth-order valence-electron chi connectivity index (χ4n) is 2.86. The molecule has 2 aromatic rings. The number of nitrogens with zero attached hydrogens (tertiary/aromatic N) is 1. The Morgan fingerprint density at radius 3 is 2.63 bits per heavy atom. The van der Waals surface area contributed by atoms with Crippen LogP contribution < -0.4 is 20.1 Å². The lowest BCUT2D eigenvalue weighted by Gasteiger charge is -2.25. The molecule has 27 heavy (non-hydrogen) atoms. The first-order valence-electron chi connectivity index (χ1n) is 9.40. The Bertz CT molecular complexity index is 736. The number of rotatable bonds is 7. The van der Waals surface area contributed by atoms with Crippen LogP contribution in [-0.4, -0.2) is 43.4 Å². The molecule has 0 bridgehead atoms. The summed E-state index contributed by atoms with van der Waals surface area (Å²) in [6.07, 6.45) is -0.0105. The van der Waals surface area contributed by atoms with Gasteiger partial charge in [0.05, 0.1) is 12.6 Å². The highest BCUT2D eigenvalue weighted by molar-refractivity contribution is 5.79. The number of para-hydroxylation sites is 2. The molecule has 2 atom stereocenters. The summed E-state index contributed by atoms with van der Waals surface area (Å²) in [5, 5.41) is 16.7. The average molecular weight is 369 g/mol. The van der Waals surface area contributed by atoms with Crippen LogP contribution in [0.3, 0.4) is 0 Å². The molecule has 1 aliphatic heterocycles. The molecule has 0 saturated carbocycles. The van der Waals surface area contributed by atoms with E-state index in [4.69, 9.17) is 9.47 Å². The number of aliphatic hydroxyl groups excluding tert-OH is 1. The number of hydrogen-bond donors (Lipinski definition) is 3. The van der Waals surface area contributed by atoms with E-state index >= 15 is 0 Å².